The molecule has 0 unspecified atom stereocenters. The molecule has 1 rings (SSSR count). The lowest BCUT2D eigenvalue weighted by atomic mass is 10.1. The van der Waals surface area contributed by atoms with E-state index >= 15 is 0 Å². The van der Waals surface area contributed by atoms with Gasteiger partial charge in [-0.3, -0.25) is 4.79 Å². The molecule has 1 aromatic rings. The van der Waals surface area contributed by atoms with Gasteiger partial charge in [0.15, 0.2) is 0 Å². The molecule has 0 aliphatic carbocycles. The summed E-state index contributed by atoms with van der Waals surface area (Å²) in [6, 6.07) is 0. The second kappa shape index (κ2) is 5.20. The molecule has 0 atom stereocenters. The predicted molar refractivity (Wildman–Crippen MR) is 61.0 cm³/mol. The Morgan fingerprint density at radius 1 is 1.41 bits per heavy atom. The number of rotatable bonds is 3. The monoisotopic (exact) mass is 312 g/mol. The van der Waals surface area contributed by atoms with Gasteiger partial charge in [0.25, 0.3) is 5.56 Å². The van der Waals surface area contributed by atoms with Gasteiger partial charge in [0.1, 0.15) is 10.3 Å². The van der Waals surface area contributed by atoms with Crippen molar-refractivity contribution in [2.24, 2.45) is 0 Å². The summed E-state index contributed by atoms with van der Waals surface area (Å²) in [5, 5.41) is 0. The molecule has 0 fully saturated rings. The Hall–Kier alpha value is -0.850. The van der Waals surface area contributed by atoms with Gasteiger partial charge in [-0.1, -0.05) is 13.8 Å². The number of nitrogens with zero attached hydrogens (tertiary/aromatic N) is 1. The van der Waals surface area contributed by atoms with Crippen molar-refractivity contribution in [3.05, 3.63) is 26.3 Å². The van der Waals surface area contributed by atoms with Gasteiger partial charge < -0.3 is 4.98 Å². The highest BCUT2D eigenvalue weighted by molar-refractivity contribution is 9.10. The summed E-state index contributed by atoms with van der Waals surface area (Å²) >= 11 is 3.08. The topological polar surface area (TPSA) is 45.8 Å². The van der Waals surface area contributed by atoms with Crippen molar-refractivity contribution < 1.29 is 13.2 Å². The maximum atomic E-state index is 12.1. The Labute approximate surface area is 105 Å². The zero-order valence-electron chi connectivity index (χ0n) is 9.36. The Morgan fingerprint density at radius 3 is 2.47 bits per heavy atom. The third-order valence-electron chi connectivity index (χ3n) is 2.13. The second-order valence-electron chi connectivity index (χ2n) is 3.98. The van der Waals surface area contributed by atoms with Crippen molar-refractivity contribution in [2.75, 3.05) is 0 Å². The molecule has 0 saturated heterocycles. The molecule has 0 aliphatic heterocycles. The van der Waals surface area contributed by atoms with Crippen LogP contribution in [0.3, 0.4) is 0 Å². The fourth-order valence-corrected chi connectivity index (χ4v) is 1.93. The maximum absolute atomic E-state index is 12.1. The fraction of sp³-hybridized carbons (Fsp3) is 0.600. The highest BCUT2D eigenvalue weighted by Crippen LogP contribution is 2.22. The number of aromatic amines is 1. The molecule has 17 heavy (non-hydrogen) atoms. The van der Waals surface area contributed by atoms with Gasteiger partial charge >= 0.3 is 6.18 Å². The van der Waals surface area contributed by atoms with Gasteiger partial charge in [-0.2, -0.15) is 13.2 Å². The quantitative estimate of drug-likeness (QED) is 0.932. The molecule has 0 radical (unpaired) electrons. The average Bonchev–Trinajstić information content (AvgIpc) is 2.18. The Morgan fingerprint density at radius 2 is 2.00 bits per heavy atom. The van der Waals surface area contributed by atoms with Crippen LogP contribution in [0.15, 0.2) is 9.27 Å². The number of hydrogen-bond donors (Lipinski definition) is 1. The van der Waals surface area contributed by atoms with Crippen molar-refractivity contribution in [2.45, 2.75) is 38.8 Å². The van der Waals surface area contributed by atoms with Crippen LogP contribution in [0.25, 0.3) is 0 Å². The van der Waals surface area contributed by atoms with Crippen LogP contribution < -0.4 is 5.56 Å². The van der Waals surface area contributed by atoms with Gasteiger partial charge in [-0.25, -0.2) is 4.98 Å². The van der Waals surface area contributed by atoms with E-state index in [-0.39, 0.29) is 22.6 Å². The number of halogens is 4. The van der Waals surface area contributed by atoms with Crippen LogP contribution in [0, 0.1) is 0 Å². The minimum atomic E-state index is -4.25. The van der Waals surface area contributed by atoms with E-state index in [4.69, 9.17) is 0 Å². The van der Waals surface area contributed by atoms with E-state index in [1.807, 2.05) is 13.8 Å². The molecule has 3 nitrogen and oxygen atoms in total. The highest BCUT2D eigenvalue weighted by atomic mass is 79.9. The van der Waals surface area contributed by atoms with Crippen molar-refractivity contribution in [3.63, 3.8) is 0 Å². The minimum absolute atomic E-state index is 0.0312. The molecule has 0 aliphatic rings. The zero-order valence-corrected chi connectivity index (χ0v) is 10.9. The fourth-order valence-electron chi connectivity index (χ4n) is 1.29. The zero-order chi connectivity index (χ0) is 13.2. The molecule has 0 amide bonds. The van der Waals surface area contributed by atoms with Crippen LogP contribution >= 0.6 is 15.9 Å². The SMILES string of the molecule is CC(C)c1nc(CCC(F)(F)F)[nH]c(=O)c1Br. The Bertz CT molecular complexity index is 454. The lowest BCUT2D eigenvalue weighted by Crippen LogP contribution is -2.18. The number of aryl methyl sites for hydroxylation is 1. The van der Waals surface area contributed by atoms with Crippen LogP contribution in [-0.4, -0.2) is 16.1 Å². The standard InChI is InChI=1S/C10H12BrF3N2O/c1-5(2)8-7(11)9(17)16-6(15-8)3-4-10(12,13)14/h5H,3-4H2,1-2H3,(H,15,16,17). The molecule has 1 heterocycles. The molecule has 0 aromatic carbocycles. The molecule has 0 saturated carbocycles. The molecular weight excluding hydrogens is 301 g/mol. The largest absolute Gasteiger partial charge is 0.389 e. The van der Waals surface area contributed by atoms with Crippen molar-refractivity contribution in [1.82, 2.24) is 9.97 Å². The van der Waals surface area contributed by atoms with Gasteiger partial charge in [0.05, 0.1) is 12.1 Å². The average molecular weight is 313 g/mol. The number of H-pyrrole nitrogens is 1. The van der Waals surface area contributed by atoms with E-state index in [9.17, 15) is 18.0 Å². The molecule has 0 spiro atoms. The van der Waals surface area contributed by atoms with E-state index in [0.29, 0.717) is 5.69 Å². The van der Waals surface area contributed by atoms with Crippen molar-refractivity contribution >= 4 is 15.9 Å². The second-order valence-corrected chi connectivity index (χ2v) is 4.77. The minimum Gasteiger partial charge on any atom is -0.310 e. The summed E-state index contributed by atoms with van der Waals surface area (Å²) in [6.45, 7) is 3.64. The molecular formula is C10H12BrF3N2O. The van der Waals surface area contributed by atoms with Crippen LogP contribution in [-0.2, 0) is 6.42 Å². The lowest BCUT2D eigenvalue weighted by molar-refractivity contribution is -0.134. The first kappa shape index (κ1) is 14.2. The van der Waals surface area contributed by atoms with E-state index in [2.05, 4.69) is 25.9 Å². The van der Waals surface area contributed by atoms with E-state index in [1.165, 1.54) is 0 Å². The first-order valence-electron chi connectivity index (χ1n) is 5.06. The highest BCUT2D eigenvalue weighted by Gasteiger charge is 2.27. The number of aromatic nitrogens is 2. The Balaban J connectivity index is 2.99. The molecule has 0 bridgehead atoms. The van der Waals surface area contributed by atoms with Crippen LogP contribution in [0.2, 0.25) is 0 Å². The predicted octanol–water partition coefficient (Wildman–Crippen LogP) is 3.15. The van der Waals surface area contributed by atoms with Crippen LogP contribution in [0.4, 0.5) is 13.2 Å². The molecule has 96 valence electrons. The van der Waals surface area contributed by atoms with E-state index in [0.717, 1.165) is 0 Å². The third-order valence-corrected chi connectivity index (χ3v) is 2.90. The van der Waals surface area contributed by atoms with Gasteiger partial charge in [0.2, 0.25) is 0 Å². The first-order valence-corrected chi connectivity index (χ1v) is 5.85. The number of hydrogen-bond acceptors (Lipinski definition) is 2. The molecule has 1 aromatic heterocycles. The summed E-state index contributed by atoms with van der Waals surface area (Å²) in [6.07, 6.45) is -5.55. The third kappa shape index (κ3) is 4.14. The van der Waals surface area contributed by atoms with Gasteiger partial charge in [0, 0.05) is 6.42 Å². The summed E-state index contributed by atoms with van der Waals surface area (Å²) in [7, 11) is 0. The maximum Gasteiger partial charge on any atom is 0.389 e. The molecule has 1 N–H and O–H groups in total. The van der Waals surface area contributed by atoms with Gasteiger partial charge in [-0.15, -0.1) is 0 Å². The smallest absolute Gasteiger partial charge is 0.310 e. The Kier molecular flexibility index (Phi) is 4.35. The van der Waals surface area contributed by atoms with Crippen LogP contribution in [0.5, 0.6) is 0 Å². The summed E-state index contributed by atoms with van der Waals surface area (Å²) < 4.78 is 36.4. The molecule has 7 heteroatoms. The van der Waals surface area contributed by atoms with E-state index in [1.54, 1.807) is 0 Å². The summed E-state index contributed by atoms with van der Waals surface area (Å²) in [5.74, 6) is 0.0375. The first-order chi connectivity index (χ1) is 7.70. The van der Waals surface area contributed by atoms with Gasteiger partial charge in [-0.05, 0) is 21.8 Å². The van der Waals surface area contributed by atoms with Crippen molar-refractivity contribution in [1.29, 1.82) is 0 Å². The van der Waals surface area contributed by atoms with Crippen molar-refractivity contribution in [3.8, 4) is 0 Å². The van der Waals surface area contributed by atoms with Crippen LogP contribution in [0.1, 0.15) is 37.7 Å². The number of nitrogens with one attached hydrogen (secondary N) is 1. The summed E-state index contributed by atoms with van der Waals surface area (Å²) in [5.41, 5.74) is 0.0341. The van der Waals surface area contributed by atoms with E-state index < -0.39 is 18.2 Å². The summed E-state index contributed by atoms with van der Waals surface area (Å²) in [4.78, 5) is 17.8. The normalized spacial score (nSPS) is 12.2. The number of alkyl halides is 3. The lowest BCUT2D eigenvalue weighted by Gasteiger charge is -2.10.